The van der Waals surface area contributed by atoms with Gasteiger partial charge in [-0.15, -0.1) is 0 Å². The summed E-state index contributed by atoms with van der Waals surface area (Å²) in [4.78, 5) is 0. The summed E-state index contributed by atoms with van der Waals surface area (Å²) in [7, 11) is 0. The van der Waals surface area contributed by atoms with Crippen LogP contribution in [0.25, 0.3) is 5.57 Å². The third-order valence-corrected chi connectivity index (χ3v) is 1.77. The Balaban J connectivity index is 2.86. The molecule has 0 saturated carbocycles. The average Bonchev–Trinajstić information content (AvgIpc) is 2.05. The zero-order valence-electron chi connectivity index (χ0n) is 7.09. The molecule has 57 valence electrons. The molecule has 1 aromatic carbocycles. The van der Waals surface area contributed by atoms with Gasteiger partial charge in [-0.1, -0.05) is 38.6 Å². The first-order chi connectivity index (χ1) is 5.22. The monoisotopic (exact) mass is 145 g/mol. The molecular formula is C11H13. The van der Waals surface area contributed by atoms with Crippen molar-refractivity contribution in [1.82, 2.24) is 0 Å². The fraction of sp³-hybridized carbons (Fsp3) is 0.273. The molecule has 1 aromatic rings. The second-order valence-electron chi connectivity index (χ2n) is 2.97. The van der Waals surface area contributed by atoms with Crippen LogP contribution in [-0.4, -0.2) is 0 Å². The fourth-order valence-electron chi connectivity index (χ4n) is 0.926. The lowest BCUT2D eigenvalue weighted by molar-refractivity contribution is 0.858. The lowest BCUT2D eigenvalue weighted by atomic mass is 9.97. The van der Waals surface area contributed by atoms with Gasteiger partial charge in [0, 0.05) is 0 Å². The van der Waals surface area contributed by atoms with Crippen LogP contribution in [0.1, 0.15) is 19.4 Å². The third kappa shape index (κ3) is 1.94. The van der Waals surface area contributed by atoms with Crippen molar-refractivity contribution in [2.45, 2.75) is 13.8 Å². The number of hydrogen-bond donors (Lipinski definition) is 0. The molecule has 0 heterocycles. The highest BCUT2D eigenvalue weighted by Gasteiger charge is 2.00. The SMILES string of the molecule is C=C(c1c[c]ccc1)C(C)C. The highest BCUT2D eigenvalue weighted by atomic mass is 14.1. The van der Waals surface area contributed by atoms with Crippen molar-refractivity contribution < 1.29 is 0 Å². The number of hydrogen-bond acceptors (Lipinski definition) is 0. The van der Waals surface area contributed by atoms with Crippen molar-refractivity contribution in [2.75, 3.05) is 0 Å². The van der Waals surface area contributed by atoms with Crippen molar-refractivity contribution in [3.63, 3.8) is 0 Å². The molecule has 0 aliphatic rings. The maximum atomic E-state index is 4.00. The van der Waals surface area contributed by atoms with E-state index in [9.17, 15) is 0 Å². The van der Waals surface area contributed by atoms with Crippen LogP contribution in [0, 0.1) is 12.0 Å². The van der Waals surface area contributed by atoms with Crippen LogP contribution in [0.3, 0.4) is 0 Å². The molecule has 0 nitrogen and oxygen atoms in total. The highest BCUT2D eigenvalue weighted by Crippen LogP contribution is 2.19. The average molecular weight is 145 g/mol. The van der Waals surface area contributed by atoms with Crippen molar-refractivity contribution in [3.05, 3.63) is 42.5 Å². The van der Waals surface area contributed by atoms with Crippen molar-refractivity contribution in [1.29, 1.82) is 0 Å². The Hall–Kier alpha value is -1.04. The van der Waals surface area contributed by atoms with E-state index in [1.165, 1.54) is 11.1 Å². The van der Waals surface area contributed by atoms with Crippen LogP contribution in [0.4, 0.5) is 0 Å². The second kappa shape index (κ2) is 3.38. The minimum atomic E-state index is 0.519. The standard InChI is InChI=1S/C11H13/c1-9(2)10(3)11-7-5-4-6-8-11/h4-5,7-9H,3H2,1-2H3. The Kier molecular flexibility index (Phi) is 2.48. The van der Waals surface area contributed by atoms with Gasteiger partial charge in [0.05, 0.1) is 0 Å². The molecule has 0 aliphatic carbocycles. The Morgan fingerprint density at radius 2 is 2.27 bits per heavy atom. The maximum absolute atomic E-state index is 4.00. The lowest BCUT2D eigenvalue weighted by Crippen LogP contribution is -1.90. The molecule has 0 bridgehead atoms. The van der Waals surface area contributed by atoms with E-state index < -0.39 is 0 Å². The van der Waals surface area contributed by atoms with Crippen molar-refractivity contribution in [2.24, 2.45) is 5.92 Å². The minimum Gasteiger partial charge on any atom is -0.0950 e. The maximum Gasteiger partial charge on any atom is -0.0178 e. The first-order valence-electron chi connectivity index (χ1n) is 3.87. The molecule has 0 aliphatic heterocycles. The van der Waals surface area contributed by atoms with Gasteiger partial charge in [0.15, 0.2) is 0 Å². The third-order valence-electron chi connectivity index (χ3n) is 1.77. The number of allylic oxidation sites excluding steroid dienone is 1. The van der Waals surface area contributed by atoms with E-state index >= 15 is 0 Å². The second-order valence-corrected chi connectivity index (χ2v) is 2.97. The summed E-state index contributed by atoms with van der Waals surface area (Å²) in [6.45, 7) is 8.30. The summed E-state index contributed by atoms with van der Waals surface area (Å²) in [6.07, 6.45) is 0. The van der Waals surface area contributed by atoms with Gasteiger partial charge < -0.3 is 0 Å². The number of benzene rings is 1. The molecule has 0 spiro atoms. The van der Waals surface area contributed by atoms with E-state index in [-0.39, 0.29) is 0 Å². The zero-order valence-corrected chi connectivity index (χ0v) is 7.09. The van der Waals surface area contributed by atoms with E-state index in [4.69, 9.17) is 0 Å². The molecule has 0 N–H and O–H groups in total. The smallest absolute Gasteiger partial charge is 0.0178 e. The van der Waals surface area contributed by atoms with Gasteiger partial charge in [-0.05, 0) is 29.2 Å². The van der Waals surface area contributed by atoms with Gasteiger partial charge >= 0.3 is 0 Å². The molecule has 0 unspecified atom stereocenters. The summed E-state index contributed by atoms with van der Waals surface area (Å²) in [5, 5.41) is 0. The molecule has 1 radical (unpaired) electrons. The Morgan fingerprint density at radius 3 is 2.73 bits per heavy atom. The van der Waals surface area contributed by atoms with Gasteiger partial charge in [-0.2, -0.15) is 0 Å². The van der Waals surface area contributed by atoms with Gasteiger partial charge in [-0.3, -0.25) is 0 Å². The number of rotatable bonds is 2. The van der Waals surface area contributed by atoms with Gasteiger partial charge in [0.25, 0.3) is 0 Å². The first-order valence-corrected chi connectivity index (χ1v) is 3.87. The predicted molar refractivity (Wildman–Crippen MR) is 49.2 cm³/mol. The Morgan fingerprint density at radius 1 is 1.55 bits per heavy atom. The largest absolute Gasteiger partial charge is 0.0950 e. The predicted octanol–water partition coefficient (Wildman–Crippen LogP) is 3.16. The van der Waals surface area contributed by atoms with E-state index in [1.807, 2.05) is 18.2 Å². The molecule has 0 fully saturated rings. The molecular weight excluding hydrogens is 132 g/mol. The topological polar surface area (TPSA) is 0 Å². The van der Waals surface area contributed by atoms with Gasteiger partial charge in [0.2, 0.25) is 0 Å². The molecule has 0 saturated heterocycles. The summed E-state index contributed by atoms with van der Waals surface area (Å²) in [5.74, 6) is 0.519. The van der Waals surface area contributed by atoms with Crippen molar-refractivity contribution in [3.8, 4) is 0 Å². The van der Waals surface area contributed by atoms with Crippen LogP contribution in [-0.2, 0) is 0 Å². The van der Waals surface area contributed by atoms with E-state index in [0.29, 0.717) is 5.92 Å². The summed E-state index contributed by atoms with van der Waals surface area (Å²) >= 11 is 0. The van der Waals surface area contributed by atoms with Crippen LogP contribution in [0.5, 0.6) is 0 Å². The van der Waals surface area contributed by atoms with E-state index in [0.717, 1.165) is 0 Å². The molecule has 11 heavy (non-hydrogen) atoms. The zero-order chi connectivity index (χ0) is 8.27. The Bertz CT molecular complexity index is 231. The van der Waals surface area contributed by atoms with E-state index in [1.54, 1.807) is 0 Å². The molecule has 0 atom stereocenters. The van der Waals surface area contributed by atoms with Gasteiger partial charge in [0.1, 0.15) is 0 Å². The fourth-order valence-corrected chi connectivity index (χ4v) is 0.926. The van der Waals surface area contributed by atoms with E-state index in [2.05, 4.69) is 32.6 Å². The molecule has 1 rings (SSSR count). The molecule has 0 heteroatoms. The quantitative estimate of drug-likeness (QED) is 0.599. The summed E-state index contributed by atoms with van der Waals surface area (Å²) in [6, 6.07) is 11.0. The Labute approximate surface area is 68.6 Å². The van der Waals surface area contributed by atoms with Gasteiger partial charge in [-0.25, -0.2) is 0 Å². The lowest BCUT2D eigenvalue weighted by Gasteiger charge is -2.08. The highest BCUT2D eigenvalue weighted by molar-refractivity contribution is 5.64. The van der Waals surface area contributed by atoms with Crippen LogP contribution >= 0.6 is 0 Å². The normalized spacial score (nSPS) is 10.1. The van der Waals surface area contributed by atoms with Crippen LogP contribution in [0.2, 0.25) is 0 Å². The van der Waals surface area contributed by atoms with Crippen LogP contribution < -0.4 is 0 Å². The summed E-state index contributed by atoms with van der Waals surface area (Å²) in [5.41, 5.74) is 2.38. The van der Waals surface area contributed by atoms with Crippen LogP contribution in [0.15, 0.2) is 30.8 Å². The molecule has 0 aromatic heterocycles. The molecule has 0 amide bonds. The summed E-state index contributed by atoms with van der Waals surface area (Å²) < 4.78 is 0. The minimum absolute atomic E-state index is 0.519. The first kappa shape index (κ1) is 8.06. The van der Waals surface area contributed by atoms with Crippen molar-refractivity contribution >= 4 is 5.57 Å².